The van der Waals surface area contributed by atoms with E-state index in [1.165, 1.54) is 0 Å². The van der Waals surface area contributed by atoms with E-state index < -0.39 is 28.8 Å². The Hall–Kier alpha value is -2.88. The zero-order valence-corrected chi connectivity index (χ0v) is 12.5. The molecule has 0 spiro atoms. The van der Waals surface area contributed by atoms with Crippen LogP contribution in [-0.4, -0.2) is 0 Å². The van der Waals surface area contributed by atoms with Gasteiger partial charge in [-0.05, 0) is 16.0 Å². The van der Waals surface area contributed by atoms with Crippen LogP contribution in [0.15, 0.2) is 60.7 Å². The SMILES string of the molecule is C=c1cccc/c1=C(/c1ccccc1)c1c(F)c(F)cc(F)c1F. The van der Waals surface area contributed by atoms with Crippen molar-refractivity contribution in [2.45, 2.75) is 0 Å². The fourth-order valence-electron chi connectivity index (χ4n) is 2.60. The molecule has 4 heteroatoms. The molecule has 3 aromatic rings. The van der Waals surface area contributed by atoms with Gasteiger partial charge in [-0.15, -0.1) is 0 Å². The van der Waals surface area contributed by atoms with Gasteiger partial charge in [0.2, 0.25) is 0 Å². The van der Waals surface area contributed by atoms with Gasteiger partial charge in [-0.25, -0.2) is 17.6 Å². The molecular weight excluding hydrogens is 316 g/mol. The molecule has 0 aliphatic carbocycles. The van der Waals surface area contributed by atoms with Crippen LogP contribution in [0.25, 0.3) is 12.2 Å². The molecule has 0 nitrogen and oxygen atoms in total. The highest BCUT2D eigenvalue weighted by Gasteiger charge is 2.23. The topological polar surface area (TPSA) is 0 Å². The Balaban J connectivity index is 2.55. The predicted octanol–water partition coefficient (Wildman–Crippen LogP) is 3.90. The summed E-state index contributed by atoms with van der Waals surface area (Å²) in [6, 6.07) is 15.1. The fraction of sp³-hybridized carbons (Fsp3) is 0. The lowest BCUT2D eigenvalue weighted by atomic mass is 9.93. The Morgan fingerprint density at radius 1 is 0.708 bits per heavy atom. The minimum Gasteiger partial charge on any atom is -0.204 e. The zero-order chi connectivity index (χ0) is 17.3. The molecule has 0 aliphatic rings. The molecule has 0 radical (unpaired) electrons. The smallest absolute Gasteiger partial charge is 0.169 e. The molecule has 0 aromatic heterocycles. The summed E-state index contributed by atoms with van der Waals surface area (Å²) in [5, 5.41) is 0.881. The van der Waals surface area contributed by atoms with E-state index in [1.54, 1.807) is 54.6 Å². The minimum atomic E-state index is -1.45. The van der Waals surface area contributed by atoms with E-state index in [2.05, 4.69) is 6.58 Å². The Kier molecular flexibility index (Phi) is 4.21. The van der Waals surface area contributed by atoms with E-state index in [9.17, 15) is 17.6 Å². The molecule has 0 saturated heterocycles. The van der Waals surface area contributed by atoms with Crippen LogP contribution in [0.5, 0.6) is 0 Å². The first kappa shape index (κ1) is 16.0. The molecule has 3 aromatic carbocycles. The van der Waals surface area contributed by atoms with Crippen LogP contribution >= 0.6 is 0 Å². The van der Waals surface area contributed by atoms with Crippen molar-refractivity contribution in [3.8, 4) is 0 Å². The molecule has 0 aliphatic heterocycles. The van der Waals surface area contributed by atoms with Crippen molar-refractivity contribution in [1.82, 2.24) is 0 Å². The van der Waals surface area contributed by atoms with E-state index >= 15 is 0 Å². The van der Waals surface area contributed by atoms with Crippen molar-refractivity contribution in [3.05, 3.63) is 105 Å². The molecule has 0 atom stereocenters. The summed E-state index contributed by atoms with van der Waals surface area (Å²) in [7, 11) is 0. The van der Waals surface area contributed by atoms with Crippen LogP contribution in [-0.2, 0) is 0 Å². The van der Waals surface area contributed by atoms with E-state index in [0.717, 1.165) is 0 Å². The van der Waals surface area contributed by atoms with Crippen molar-refractivity contribution < 1.29 is 17.6 Å². The zero-order valence-electron chi connectivity index (χ0n) is 12.5. The number of halogens is 4. The van der Waals surface area contributed by atoms with Gasteiger partial charge in [-0.2, -0.15) is 0 Å². The van der Waals surface area contributed by atoms with Gasteiger partial charge in [0.15, 0.2) is 23.3 Å². The number of benzene rings is 3. The van der Waals surface area contributed by atoms with Crippen molar-refractivity contribution in [2.75, 3.05) is 0 Å². The van der Waals surface area contributed by atoms with Crippen molar-refractivity contribution in [2.24, 2.45) is 0 Å². The highest BCUT2D eigenvalue weighted by molar-refractivity contribution is 5.80. The maximum Gasteiger partial charge on any atom is 0.169 e. The average Bonchev–Trinajstić information content (AvgIpc) is 2.59. The second-order valence-corrected chi connectivity index (χ2v) is 5.24. The number of hydrogen-bond acceptors (Lipinski definition) is 0. The summed E-state index contributed by atoms with van der Waals surface area (Å²) in [6.45, 7) is 3.84. The van der Waals surface area contributed by atoms with E-state index in [1.807, 2.05) is 0 Å². The van der Waals surface area contributed by atoms with Crippen molar-refractivity contribution in [3.63, 3.8) is 0 Å². The quantitative estimate of drug-likeness (QED) is 0.494. The first-order valence-electron chi connectivity index (χ1n) is 7.17. The first-order chi connectivity index (χ1) is 11.5. The summed E-state index contributed by atoms with van der Waals surface area (Å²) in [5.74, 6) is -5.76. The van der Waals surface area contributed by atoms with Crippen LogP contribution in [0.2, 0.25) is 0 Å². The lowest BCUT2D eigenvalue weighted by Crippen LogP contribution is -2.27. The molecule has 120 valence electrons. The van der Waals surface area contributed by atoms with Gasteiger partial charge in [0.05, 0.1) is 5.56 Å². The Bertz CT molecular complexity index is 982. The Labute approximate surface area is 136 Å². The van der Waals surface area contributed by atoms with Gasteiger partial charge in [0, 0.05) is 11.6 Å². The molecule has 0 heterocycles. The van der Waals surface area contributed by atoms with Gasteiger partial charge >= 0.3 is 0 Å². The number of hydrogen-bond donors (Lipinski definition) is 0. The molecule has 0 amide bonds. The van der Waals surface area contributed by atoms with E-state index in [-0.39, 0.29) is 11.6 Å². The van der Waals surface area contributed by atoms with Gasteiger partial charge in [-0.1, -0.05) is 61.2 Å². The first-order valence-corrected chi connectivity index (χ1v) is 7.17. The highest BCUT2D eigenvalue weighted by Crippen LogP contribution is 2.28. The summed E-state index contributed by atoms with van der Waals surface area (Å²) in [6.07, 6.45) is 0. The van der Waals surface area contributed by atoms with Crippen LogP contribution in [0.4, 0.5) is 17.6 Å². The van der Waals surface area contributed by atoms with E-state index in [0.29, 0.717) is 16.0 Å². The van der Waals surface area contributed by atoms with Crippen molar-refractivity contribution >= 4 is 12.2 Å². The van der Waals surface area contributed by atoms with Gasteiger partial charge < -0.3 is 0 Å². The van der Waals surface area contributed by atoms with Crippen molar-refractivity contribution in [1.29, 1.82) is 0 Å². The number of rotatable bonds is 2. The third kappa shape index (κ3) is 2.71. The van der Waals surface area contributed by atoms with Crippen LogP contribution in [0.3, 0.4) is 0 Å². The second kappa shape index (κ2) is 6.32. The predicted molar refractivity (Wildman–Crippen MR) is 85.5 cm³/mol. The normalized spacial score (nSPS) is 12.2. The summed E-state index contributed by atoms with van der Waals surface area (Å²) in [5.41, 5.74) is -0.263. The summed E-state index contributed by atoms with van der Waals surface area (Å²) >= 11 is 0. The van der Waals surface area contributed by atoms with E-state index in [4.69, 9.17) is 0 Å². The van der Waals surface area contributed by atoms with Gasteiger partial charge in [0.25, 0.3) is 0 Å². The Morgan fingerprint density at radius 2 is 1.25 bits per heavy atom. The summed E-state index contributed by atoms with van der Waals surface area (Å²) in [4.78, 5) is 0. The van der Waals surface area contributed by atoms with Crippen LogP contribution in [0.1, 0.15) is 11.1 Å². The molecule has 24 heavy (non-hydrogen) atoms. The fourth-order valence-corrected chi connectivity index (χ4v) is 2.60. The largest absolute Gasteiger partial charge is 0.204 e. The monoisotopic (exact) mass is 328 g/mol. The minimum absolute atomic E-state index is 0.0506. The lowest BCUT2D eigenvalue weighted by Gasteiger charge is -2.12. The molecular formula is C20H12F4. The van der Waals surface area contributed by atoms with Gasteiger partial charge in [-0.3, -0.25) is 0 Å². The maximum absolute atomic E-state index is 14.4. The standard InChI is InChI=1S/C20H12F4/c1-12-7-5-6-10-14(12)17(13-8-3-2-4-9-13)18-19(23)15(21)11-16(22)20(18)24/h2-11H,1H2/b17-14+. The van der Waals surface area contributed by atoms with Crippen LogP contribution in [0, 0.1) is 23.3 Å². The average molecular weight is 328 g/mol. The summed E-state index contributed by atoms with van der Waals surface area (Å²) < 4.78 is 56.1. The molecule has 0 unspecified atom stereocenters. The van der Waals surface area contributed by atoms with Crippen LogP contribution < -0.4 is 10.4 Å². The highest BCUT2D eigenvalue weighted by atomic mass is 19.2. The molecule has 3 rings (SSSR count). The molecule has 0 fully saturated rings. The lowest BCUT2D eigenvalue weighted by molar-refractivity contribution is 0.450. The maximum atomic E-state index is 14.4. The second-order valence-electron chi connectivity index (χ2n) is 5.24. The molecule has 0 N–H and O–H groups in total. The third-order valence-electron chi connectivity index (χ3n) is 3.71. The molecule has 0 bridgehead atoms. The Morgan fingerprint density at radius 3 is 1.83 bits per heavy atom. The molecule has 0 saturated carbocycles. The van der Waals surface area contributed by atoms with Gasteiger partial charge in [0.1, 0.15) is 0 Å². The third-order valence-corrected chi connectivity index (χ3v) is 3.71.